The molecule has 0 saturated carbocycles. The van der Waals surface area contributed by atoms with Crippen molar-refractivity contribution in [2.45, 2.75) is 32.6 Å². The van der Waals surface area contributed by atoms with Crippen LogP contribution in [0.15, 0.2) is 35.9 Å². The number of hydrogen-bond acceptors (Lipinski definition) is 5. The highest BCUT2D eigenvalue weighted by molar-refractivity contribution is 5.78. The van der Waals surface area contributed by atoms with Gasteiger partial charge in [0.15, 0.2) is 0 Å². The SMILES string of the molecule is C/C=C(/C=O)C(CC=O)CC(=O)OCCCc1ccc(O)cc1. The first-order chi connectivity index (χ1) is 11.1. The molecule has 0 saturated heterocycles. The zero-order chi connectivity index (χ0) is 17.1. The molecule has 0 amide bonds. The van der Waals surface area contributed by atoms with Crippen LogP contribution in [0.2, 0.25) is 0 Å². The van der Waals surface area contributed by atoms with Crippen molar-refractivity contribution in [2.75, 3.05) is 6.61 Å². The number of aromatic hydroxyl groups is 1. The molecular weight excluding hydrogens is 296 g/mol. The predicted octanol–water partition coefficient (Wildman–Crippen LogP) is 2.61. The van der Waals surface area contributed by atoms with Crippen LogP contribution in [0.5, 0.6) is 5.75 Å². The quantitative estimate of drug-likeness (QED) is 0.310. The molecule has 0 fully saturated rings. The molecule has 1 unspecified atom stereocenters. The number of phenols is 1. The van der Waals surface area contributed by atoms with Crippen molar-refractivity contribution in [2.24, 2.45) is 5.92 Å². The summed E-state index contributed by atoms with van der Waals surface area (Å²) in [4.78, 5) is 33.4. The van der Waals surface area contributed by atoms with E-state index in [2.05, 4.69) is 0 Å². The summed E-state index contributed by atoms with van der Waals surface area (Å²) in [6, 6.07) is 6.87. The van der Waals surface area contributed by atoms with Crippen LogP contribution in [-0.4, -0.2) is 30.3 Å². The predicted molar refractivity (Wildman–Crippen MR) is 86.0 cm³/mol. The number of esters is 1. The average molecular weight is 318 g/mol. The zero-order valence-corrected chi connectivity index (χ0v) is 13.2. The third-order valence-corrected chi connectivity index (χ3v) is 3.54. The molecule has 0 aliphatic heterocycles. The maximum absolute atomic E-state index is 11.8. The molecule has 1 aromatic carbocycles. The van der Waals surface area contributed by atoms with Gasteiger partial charge in [0.25, 0.3) is 0 Å². The highest BCUT2D eigenvalue weighted by Crippen LogP contribution is 2.18. The average Bonchev–Trinajstić information content (AvgIpc) is 2.54. The minimum absolute atomic E-state index is 0.0242. The van der Waals surface area contributed by atoms with Crippen LogP contribution >= 0.6 is 0 Å². The minimum atomic E-state index is -0.417. The Labute approximate surface area is 136 Å². The summed E-state index contributed by atoms with van der Waals surface area (Å²) < 4.78 is 5.16. The van der Waals surface area contributed by atoms with Crippen molar-refractivity contribution in [1.82, 2.24) is 0 Å². The van der Waals surface area contributed by atoms with E-state index in [0.29, 0.717) is 24.6 Å². The van der Waals surface area contributed by atoms with Gasteiger partial charge in [0.2, 0.25) is 0 Å². The topological polar surface area (TPSA) is 80.7 Å². The van der Waals surface area contributed by atoms with E-state index in [1.54, 1.807) is 25.1 Å². The number of aryl methyl sites for hydroxylation is 1. The standard InChI is InChI=1S/C18H22O5/c1-2-15(13-20)16(9-10-19)12-18(22)23-11-3-4-14-5-7-17(21)8-6-14/h2,5-8,10,13,16,21H,3-4,9,11-12H2,1H3/b15-2-. The second-order valence-corrected chi connectivity index (χ2v) is 5.20. The number of ether oxygens (including phenoxy) is 1. The van der Waals surface area contributed by atoms with Gasteiger partial charge in [-0.25, -0.2) is 0 Å². The Balaban J connectivity index is 2.36. The summed E-state index contributed by atoms with van der Waals surface area (Å²) in [5.74, 6) is -0.611. The molecule has 5 heteroatoms. The highest BCUT2D eigenvalue weighted by atomic mass is 16.5. The van der Waals surface area contributed by atoms with Gasteiger partial charge in [0.05, 0.1) is 13.0 Å². The number of rotatable bonds is 10. The Morgan fingerprint density at radius 2 is 1.96 bits per heavy atom. The smallest absolute Gasteiger partial charge is 0.306 e. The molecule has 0 radical (unpaired) electrons. The van der Waals surface area contributed by atoms with Crippen LogP contribution < -0.4 is 0 Å². The fraction of sp³-hybridized carbons (Fsp3) is 0.389. The Morgan fingerprint density at radius 3 is 2.52 bits per heavy atom. The van der Waals surface area contributed by atoms with Crippen LogP contribution in [0, 0.1) is 5.92 Å². The zero-order valence-electron chi connectivity index (χ0n) is 13.2. The Hall–Kier alpha value is -2.43. The van der Waals surface area contributed by atoms with Gasteiger partial charge < -0.3 is 14.6 Å². The van der Waals surface area contributed by atoms with Crippen molar-refractivity contribution >= 4 is 18.5 Å². The van der Waals surface area contributed by atoms with Crippen LogP contribution in [0.25, 0.3) is 0 Å². The number of phenolic OH excluding ortho intramolecular Hbond substituents is 1. The molecule has 1 N–H and O–H groups in total. The first-order valence-corrected chi connectivity index (χ1v) is 7.59. The van der Waals surface area contributed by atoms with E-state index >= 15 is 0 Å². The van der Waals surface area contributed by atoms with Crippen LogP contribution in [-0.2, 0) is 25.5 Å². The lowest BCUT2D eigenvalue weighted by Crippen LogP contribution is -2.15. The number of allylic oxidation sites excluding steroid dienone is 2. The molecule has 0 aromatic heterocycles. The lowest BCUT2D eigenvalue weighted by molar-refractivity contribution is -0.144. The molecule has 5 nitrogen and oxygen atoms in total. The Kier molecular flexibility index (Phi) is 8.36. The molecule has 0 aliphatic carbocycles. The second-order valence-electron chi connectivity index (χ2n) is 5.20. The third kappa shape index (κ3) is 6.91. The van der Waals surface area contributed by atoms with E-state index in [-0.39, 0.29) is 25.2 Å². The molecule has 1 atom stereocenters. The van der Waals surface area contributed by atoms with E-state index in [1.165, 1.54) is 0 Å². The summed E-state index contributed by atoms with van der Waals surface area (Å²) in [6.07, 6.45) is 4.54. The molecule has 0 bridgehead atoms. The number of benzene rings is 1. The highest BCUT2D eigenvalue weighted by Gasteiger charge is 2.18. The van der Waals surface area contributed by atoms with Crippen molar-refractivity contribution < 1.29 is 24.2 Å². The summed E-state index contributed by atoms with van der Waals surface area (Å²) in [5.41, 5.74) is 1.49. The van der Waals surface area contributed by atoms with Crippen molar-refractivity contribution in [1.29, 1.82) is 0 Å². The van der Waals surface area contributed by atoms with Crippen LogP contribution in [0.1, 0.15) is 31.7 Å². The fourth-order valence-corrected chi connectivity index (χ4v) is 2.24. The van der Waals surface area contributed by atoms with Crippen LogP contribution in [0.3, 0.4) is 0 Å². The van der Waals surface area contributed by atoms with Crippen molar-refractivity contribution in [3.05, 3.63) is 41.5 Å². The Bertz CT molecular complexity index is 545. The minimum Gasteiger partial charge on any atom is -0.508 e. The summed E-state index contributed by atoms with van der Waals surface area (Å²) in [6.45, 7) is 1.98. The van der Waals surface area contributed by atoms with Gasteiger partial charge in [-0.2, -0.15) is 0 Å². The first-order valence-electron chi connectivity index (χ1n) is 7.59. The number of hydrogen-bond donors (Lipinski definition) is 1. The first kappa shape index (κ1) is 18.6. The third-order valence-electron chi connectivity index (χ3n) is 3.54. The van der Waals surface area contributed by atoms with E-state index in [9.17, 15) is 19.5 Å². The molecule has 0 heterocycles. The van der Waals surface area contributed by atoms with Gasteiger partial charge in [0, 0.05) is 12.3 Å². The molecular formula is C18H22O5. The molecule has 23 heavy (non-hydrogen) atoms. The molecule has 0 spiro atoms. The van der Waals surface area contributed by atoms with E-state index in [4.69, 9.17) is 4.74 Å². The summed E-state index contributed by atoms with van der Waals surface area (Å²) in [5, 5.41) is 9.19. The van der Waals surface area contributed by atoms with Gasteiger partial charge in [-0.05, 0) is 43.0 Å². The molecule has 0 aliphatic rings. The van der Waals surface area contributed by atoms with Gasteiger partial charge in [-0.3, -0.25) is 9.59 Å². The summed E-state index contributed by atoms with van der Waals surface area (Å²) >= 11 is 0. The fourth-order valence-electron chi connectivity index (χ4n) is 2.24. The largest absolute Gasteiger partial charge is 0.508 e. The second kappa shape index (κ2) is 10.3. The molecule has 124 valence electrons. The van der Waals surface area contributed by atoms with Gasteiger partial charge >= 0.3 is 5.97 Å². The van der Waals surface area contributed by atoms with E-state index < -0.39 is 11.9 Å². The molecule has 1 rings (SSSR count). The maximum Gasteiger partial charge on any atom is 0.306 e. The van der Waals surface area contributed by atoms with Crippen molar-refractivity contribution in [3.8, 4) is 5.75 Å². The number of aldehydes is 2. The number of carbonyl (C=O) groups is 3. The van der Waals surface area contributed by atoms with E-state index in [1.807, 2.05) is 12.1 Å². The maximum atomic E-state index is 11.8. The van der Waals surface area contributed by atoms with E-state index in [0.717, 1.165) is 12.0 Å². The van der Waals surface area contributed by atoms with Gasteiger partial charge in [-0.1, -0.05) is 18.2 Å². The van der Waals surface area contributed by atoms with Gasteiger partial charge in [0.1, 0.15) is 18.3 Å². The van der Waals surface area contributed by atoms with Crippen LogP contribution in [0.4, 0.5) is 0 Å². The normalized spacial score (nSPS) is 12.5. The lowest BCUT2D eigenvalue weighted by atomic mass is 9.93. The number of carbonyl (C=O) groups excluding carboxylic acids is 3. The Morgan fingerprint density at radius 1 is 1.26 bits per heavy atom. The van der Waals surface area contributed by atoms with Crippen molar-refractivity contribution in [3.63, 3.8) is 0 Å². The summed E-state index contributed by atoms with van der Waals surface area (Å²) in [7, 11) is 0. The lowest BCUT2D eigenvalue weighted by Gasteiger charge is -2.13. The molecule has 1 aromatic rings. The monoisotopic (exact) mass is 318 g/mol. The van der Waals surface area contributed by atoms with Gasteiger partial charge in [-0.15, -0.1) is 0 Å².